The Hall–Kier alpha value is -1.57. The molecular formula is C17H26F2N4O. The molecule has 1 aromatic carbocycles. The van der Waals surface area contributed by atoms with Crippen LogP contribution < -0.4 is 5.32 Å². The molecule has 1 N–H and O–H groups in total. The molecule has 2 rings (SSSR count). The molecule has 0 unspecified atom stereocenters. The van der Waals surface area contributed by atoms with Gasteiger partial charge in [0, 0.05) is 37.9 Å². The molecule has 1 fully saturated rings. The number of hydrogen-bond donors (Lipinski definition) is 1. The number of likely N-dealkylation sites (N-methyl/N-ethyl adjacent to an activating group) is 2. The van der Waals surface area contributed by atoms with Gasteiger partial charge < -0.3 is 15.1 Å². The molecule has 0 aliphatic carbocycles. The second-order valence-corrected chi connectivity index (χ2v) is 6.44. The lowest BCUT2D eigenvalue weighted by Gasteiger charge is -2.32. The zero-order valence-electron chi connectivity index (χ0n) is 14.4. The van der Waals surface area contributed by atoms with Gasteiger partial charge >= 0.3 is 0 Å². The number of rotatable bonds is 7. The molecule has 1 aromatic rings. The van der Waals surface area contributed by atoms with E-state index in [0.717, 1.165) is 63.9 Å². The maximum Gasteiger partial charge on any atom is 0.238 e. The van der Waals surface area contributed by atoms with Gasteiger partial charge in [-0.3, -0.25) is 9.69 Å². The molecule has 0 atom stereocenters. The van der Waals surface area contributed by atoms with Gasteiger partial charge in [-0.25, -0.2) is 8.78 Å². The van der Waals surface area contributed by atoms with Gasteiger partial charge in [0.15, 0.2) is 0 Å². The normalized spacial score (nSPS) is 16.5. The lowest BCUT2D eigenvalue weighted by atomic mass is 10.3. The standard InChI is InChI=1S/C17H26F2N4O/c1-21-6-8-23(9-7-21)5-3-4-22(2)13-17(24)20-16-11-14(18)10-15(19)12-16/h10-12H,3-9,13H2,1-2H3,(H,20,24). The van der Waals surface area contributed by atoms with Crippen molar-refractivity contribution in [3.63, 3.8) is 0 Å². The monoisotopic (exact) mass is 340 g/mol. The van der Waals surface area contributed by atoms with Crippen molar-refractivity contribution < 1.29 is 13.6 Å². The third-order valence-electron chi connectivity index (χ3n) is 4.17. The summed E-state index contributed by atoms with van der Waals surface area (Å²) in [6.07, 6.45) is 0.988. The Kier molecular flexibility index (Phi) is 7.08. The van der Waals surface area contributed by atoms with Crippen molar-refractivity contribution in [3.05, 3.63) is 29.8 Å². The SMILES string of the molecule is CN1CCN(CCCN(C)CC(=O)Nc2cc(F)cc(F)c2)CC1. The summed E-state index contributed by atoms with van der Waals surface area (Å²) in [5.41, 5.74) is 0.142. The number of carbonyl (C=O) groups is 1. The van der Waals surface area contributed by atoms with Gasteiger partial charge in [-0.1, -0.05) is 0 Å². The maximum absolute atomic E-state index is 13.1. The zero-order valence-corrected chi connectivity index (χ0v) is 14.4. The number of anilines is 1. The van der Waals surface area contributed by atoms with Crippen LogP contribution in [0, 0.1) is 11.6 Å². The first kappa shape index (κ1) is 18.8. The molecular weight excluding hydrogens is 314 g/mol. The van der Waals surface area contributed by atoms with Crippen molar-refractivity contribution in [2.45, 2.75) is 6.42 Å². The van der Waals surface area contributed by atoms with Crippen LogP contribution in [-0.4, -0.2) is 80.5 Å². The largest absolute Gasteiger partial charge is 0.325 e. The smallest absolute Gasteiger partial charge is 0.238 e. The molecule has 0 saturated carbocycles. The lowest BCUT2D eigenvalue weighted by molar-refractivity contribution is -0.117. The van der Waals surface area contributed by atoms with Crippen molar-refractivity contribution in [1.29, 1.82) is 0 Å². The average molecular weight is 340 g/mol. The molecule has 134 valence electrons. The number of hydrogen-bond acceptors (Lipinski definition) is 4. The van der Waals surface area contributed by atoms with Crippen LogP contribution in [0.2, 0.25) is 0 Å². The highest BCUT2D eigenvalue weighted by atomic mass is 19.1. The summed E-state index contributed by atoms with van der Waals surface area (Å²) >= 11 is 0. The molecule has 1 heterocycles. The molecule has 7 heteroatoms. The van der Waals surface area contributed by atoms with E-state index in [1.807, 2.05) is 11.9 Å². The van der Waals surface area contributed by atoms with E-state index in [9.17, 15) is 13.6 Å². The van der Waals surface area contributed by atoms with Crippen LogP contribution in [0.5, 0.6) is 0 Å². The molecule has 1 aliphatic heterocycles. The van der Waals surface area contributed by atoms with Gasteiger partial charge in [0.05, 0.1) is 6.54 Å². The third kappa shape index (κ3) is 6.51. The van der Waals surface area contributed by atoms with Crippen molar-refractivity contribution in [3.8, 4) is 0 Å². The van der Waals surface area contributed by atoms with Crippen LogP contribution in [0.4, 0.5) is 14.5 Å². The first-order valence-electron chi connectivity index (χ1n) is 8.28. The predicted molar refractivity (Wildman–Crippen MR) is 91.0 cm³/mol. The predicted octanol–water partition coefficient (Wildman–Crippen LogP) is 1.47. The summed E-state index contributed by atoms with van der Waals surface area (Å²) in [6, 6.07) is 2.99. The number of piperazine rings is 1. The summed E-state index contributed by atoms with van der Waals surface area (Å²) in [6.45, 7) is 6.40. The van der Waals surface area contributed by atoms with Crippen LogP contribution in [0.25, 0.3) is 0 Å². The minimum absolute atomic E-state index is 0.142. The van der Waals surface area contributed by atoms with E-state index < -0.39 is 11.6 Å². The van der Waals surface area contributed by atoms with Crippen molar-refractivity contribution in [2.75, 3.05) is 65.2 Å². The van der Waals surface area contributed by atoms with Gasteiger partial charge in [-0.15, -0.1) is 0 Å². The molecule has 5 nitrogen and oxygen atoms in total. The fraction of sp³-hybridized carbons (Fsp3) is 0.588. The number of nitrogens with zero attached hydrogens (tertiary/aromatic N) is 3. The van der Waals surface area contributed by atoms with Crippen molar-refractivity contribution in [1.82, 2.24) is 14.7 Å². The van der Waals surface area contributed by atoms with Crippen molar-refractivity contribution >= 4 is 11.6 Å². The number of benzene rings is 1. The van der Waals surface area contributed by atoms with E-state index in [0.29, 0.717) is 0 Å². The molecule has 0 bridgehead atoms. The van der Waals surface area contributed by atoms with Gasteiger partial charge in [-0.05, 0) is 45.7 Å². The highest BCUT2D eigenvalue weighted by Gasteiger charge is 2.14. The Balaban J connectivity index is 1.66. The number of nitrogens with one attached hydrogen (secondary N) is 1. The van der Waals surface area contributed by atoms with Crippen LogP contribution in [0.15, 0.2) is 18.2 Å². The highest BCUT2D eigenvalue weighted by molar-refractivity contribution is 5.92. The van der Waals surface area contributed by atoms with Gasteiger partial charge in [0.1, 0.15) is 11.6 Å². The zero-order chi connectivity index (χ0) is 17.5. The van der Waals surface area contributed by atoms with E-state index in [4.69, 9.17) is 0 Å². The fourth-order valence-electron chi connectivity index (χ4n) is 2.79. The second-order valence-electron chi connectivity index (χ2n) is 6.44. The molecule has 24 heavy (non-hydrogen) atoms. The highest BCUT2D eigenvalue weighted by Crippen LogP contribution is 2.12. The Morgan fingerprint density at radius 2 is 1.79 bits per heavy atom. The van der Waals surface area contributed by atoms with Gasteiger partial charge in [0.2, 0.25) is 5.91 Å². The lowest BCUT2D eigenvalue weighted by Crippen LogP contribution is -2.45. The summed E-state index contributed by atoms with van der Waals surface area (Å²) in [4.78, 5) is 18.6. The Morgan fingerprint density at radius 1 is 1.17 bits per heavy atom. The Bertz CT molecular complexity index is 527. The minimum atomic E-state index is -0.703. The number of carbonyl (C=O) groups excluding carboxylic acids is 1. The van der Waals surface area contributed by atoms with E-state index in [1.165, 1.54) is 0 Å². The van der Waals surface area contributed by atoms with E-state index in [2.05, 4.69) is 22.2 Å². The first-order valence-corrected chi connectivity index (χ1v) is 8.28. The van der Waals surface area contributed by atoms with E-state index in [-0.39, 0.29) is 18.1 Å². The summed E-state index contributed by atoms with van der Waals surface area (Å²) < 4.78 is 26.2. The average Bonchev–Trinajstić information content (AvgIpc) is 2.48. The summed E-state index contributed by atoms with van der Waals surface area (Å²) in [7, 11) is 4.00. The summed E-state index contributed by atoms with van der Waals surface area (Å²) in [5.74, 6) is -1.68. The number of halogens is 2. The number of amides is 1. The summed E-state index contributed by atoms with van der Waals surface area (Å²) in [5, 5.41) is 2.52. The fourth-order valence-corrected chi connectivity index (χ4v) is 2.79. The molecule has 1 amide bonds. The Morgan fingerprint density at radius 3 is 2.42 bits per heavy atom. The van der Waals surface area contributed by atoms with Crippen molar-refractivity contribution in [2.24, 2.45) is 0 Å². The molecule has 0 radical (unpaired) electrons. The first-order chi connectivity index (χ1) is 11.4. The van der Waals surface area contributed by atoms with Crippen LogP contribution in [-0.2, 0) is 4.79 Å². The van der Waals surface area contributed by atoms with Crippen LogP contribution in [0.3, 0.4) is 0 Å². The molecule has 0 spiro atoms. The topological polar surface area (TPSA) is 38.8 Å². The quantitative estimate of drug-likeness (QED) is 0.816. The molecule has 0 aromatic heterocycles. The second kappa shape index (κ2) is 9.05. The van der Waals surface area contributed by atoms with E-state index >= 15 is 0 Å². The van der Waals surface area contributed by atoms with Gasteiger partial charge in [0.25, 0.3) is 0 Å². The minimum Gasteiger partial charge on any atom is -0.325 e. The maximum atomic E-state index is 13.1. The van der Waals surface area contributed by atoms with Gasteiger partial charge in [-0.2, -0.15) is 0 Å². The Labute approximate surface area is 142 Å². The van der Waals surface area contributed by atoms with Crippen LogP contribution >= 0.6 is 0 Å². The van der Waals surface area contributed by atoms with E-state index in [1.54, 1.807) is 0 Å². The molecule has 1 saturated heterocycles. The van der Waals surface area contributed by atoms with Crippen LogP contribution in [0.1, 0.15) is 6.42 Å². The molecule has 1 aliphatic rings. The third-order valence-corrected chi connectivity index (χ3v) is 4.17.